The summed E-state index contributed by atoms with van der Waals surface area (Å²) in [4.78, 5) is 57.5. The second-order valence-electron chi connectivity index (χ2n) is 11.6. The Morgan fingerprint density at radius 3 is 2.60 bits per heavy atom. The van der Waals surface area contributed by atoms with E-state index in [1.54, 1.807) is 17.1 Å². The lowest BCUT2D eigenvalue weighted by molar-refractivity contribution is -0.160. The number of nitrogens with one attached hydrogen (secondary N) is 1. The molecule has 3 fully saturated rings. The van der Waals surface area contributed by atoms with E-state index in [1.807, 2.05) is 44.2 Å². The molecule has 0 aliphatic carbocycles. The summed E-state index contributed by atoms with van der Waals surface area (Å²) in [7, 11) is 0. The van der Waals surface area contributed by atoms with Crippen LogP contribution in [0.2, 0.25) is 0 Å². The Bertz CT molecular complexity index is 1210. The standard InChI is InChI=1S/C32H42BrN3O7/c1-5-7-14-24(38)34-19-23(21-12-9-8-10-13-21)42-31(41)25-26-29(39)36(16-11-17-37)28(30(40)35(15-6-2)20(3)4)32(26)18-22(33)27(25)43-32/h5-6,8-10,12-13,20,22-23,25-28,37H,1-2,7,11,14-19H2,3-4H3,(H,34,38)/t22?,23-,25+,26-,27+,28+,32-/m0/s1. The lowest BCUT2D eigenvalue weighted by atomic mass is 9.70. The molecule has 7 atom stereocenters. The number of hydrogen-bond acceptors (Lipinski definition) is 7. The summed E-state index contributed by atoms with van der Waals surface area (Å²) in [6.45, 7) is 11.6. The molecule has 3 aliphatic heterocycles. The topological polar surface area (TPSA) is 125 Å². The number of amides is 3. The van der Waals surface area contributed by atoms with Crippen molar-refractivity contribution in [1.29, 1.82) is 0 Å². The predicted octanol–water partition coefficient (Wildman–Crippen LogP) is 2.91. The molecule has 4 rings (SSSR count). The number of rotatable bonds is 15. The highest BCUT2D eigenvalue weighted by molar-refractivity contribution is 9.09. The van der Waals surface area contributed by atoms with Crippen LogP contribution in [0.4, 0.5) is 0 Å². The second-order valence-corrected chi connectivity index (χ2v) is 12.8. The molecule has 2 bridgehead atoms. The monoisotopic (exact) mass is 659 g/mol. The Balaban J connectivity index is 1.65. The lowest BCUT2D eigenvalue weighted by Crippen LogP contribution is -2.58. The highest BCUT2D eigenvalue weighted by Gasteiger charge is 2.77. The van der Waals surface area contributed by atoms with Crippen LogP contribution >= 0.6 is 15.9 Å². The average molecular weight is 661 g/mol. The molecule has 3 heterocycles. The molecule has 3 saturated heterocycles. The van der Waals surface area contributed by atoms with Gasteiger partial charge in [0.25, 0.3) is 0 Å². The molecule has 11 heteroatoms. The maximum absolute atomic E-state index is 14.2. The van der Waals surface area contributed by atoms with E-state index in [2.05, 4.69) is 34.4 Å². The molecule has 0 saturated carbocycles. The molecule has 234 valence electrons. The minimum absolute atomic E-state index is 0.0557. The number of esters is 1. The number of carbonyl (C=O) groups is 4. The summed E-state index contributed by atoms with van der Waals surface area (Å²) in [6.07, 6.45) is 3.26. The molecular weight excluding hydrogens is 618 g/mol. The maximum atomic E-state index is 14.2. The molecule has 1 unspecified atom stereocenters. The first kappa shape index (κ1) is 32.9. The number of hydrogen-bond donors (Lipinski definition) is 2. The van der Waals surface area contributed by atoms with Crippen molar-refractivity contribution in [3.63, 3.8) is 0 Å². The quantitative estimate of drug-likeness (QED) is 0.169. The number of alkyl halides is 1. The van der Waals surface area contributed by atoms with Gasteiger partial charge in [-0.3, -0.25) is 19.2 Å². The van der Waals surface area contributed by atoms with Crippen LogP contribution in [0, 0.1) is 11.8 Å². The third-order valence-electron chi connectivity index (χ3n) is 8.57. The van der Waals surface area contributed by atoms with Crippen LogP contribution in [0.25, 0.3) is 0 Å². The molecule has 2 N–H and O–H groups in total. The van der Waals surface area contributed by atoms with E-state index in [-0.39, 0.29) is 61.1 Å². The predicted molar refractivity (Wildman–Crippen MR) is 164 cm³/mol. The molecule has 10 nitrogen and oxygen atoms in total. The first-order valence-corrected chi connectivity index (χ1v) is 15.8. The van der Waals surface area contributed by atoms with E-state index in [0.717, 1.165) is 0 Å². The van der Waals surface area contributed by atoms with Gasteiger partial charge >= 0.3 is 5.97 Å². The number of carbonyl (C=O) groups excluding carboxylic acids is 4. The maximum Gasteiger partial charge on any atom is 0.313 e. The number of aliphatic hydroxyl groups is 1. The van der Waals surface area contributed by atoms with Gasteiger partial charge in [-0.15, -0.1) is 13.2 Å². The molecule has 1 spiro atoms. The number of allylic oxidation sites excluding steroid dienone is 1. The number of nitrogens with zero attached hydrogens (tertiary/aromatic N) is 2. The number of benzene rings is 1. The summed E-state index contributed by atoms with van der Waals surface area (Å²) in [5.74, 6) is -3.34. The highest BCUT2D eigenvalue weighted by atomic mass is 79.9. The fourth-order valence-corrected chi connectivity index (χ4v) is 7.60. The minimum atomic E-state index is -1.23. The summed E-state index contributed by atoms with van der Waals surface area (Å²) in [6, 6.07) is 7.98. The van der Waals surface area contributed by atoms with Crippen LogP contribution in [-0.4, -0.2) is 93.5 Å². The van der Waals surface area contributed by atoms with Crippen molar-refractivity contribution in [2.24, 2.45) is 11.8 Å². The first-order valence-electron chi connectivity index (χ1n) is 14.9. The molecule has 0 aromatic heterocycles. The van der Waals surface area contributed by atoms with Gasteiger partial charge in [0, 0.05) is 37.0 Å². The zero-order valence-electron chi connectivity index (χ0n) is 24.8. The van der Waals surface area contributed by atoms with Crippen LogP contribution in [0.15, 0.2) is 55.6 Å². The van der Waals surface area contributed by atoms with E-state index in [4.69, 9.17) is 9.47 Å². The summed E-state index contributed by atoms with van der Waals surface area (Å²) in [5.41, 5.74) is -0.539. The largest absolute Gasteiger partial charge is 0.455 e. The molecule has 1 aromatic rings. The van der Waals surface area contributed by atoms with Gasteiger partial charge in [0.2, 0.25) is 17.7 Å². The van der Waals surface area contributed by atoms with Crippen LogP contribution in [-0.2, 0) is 28.7 Å². The van der Waals surface area contributed by atoms with Gasteiger partial charge < -0.3 is 29.7 Å². The Morgan fingerprint density at radius 1 is 1.26 bits per heavy atom. The van der Waals surface area contributed by atoms with Gasteiger partial charge in [0.05, 0.1) is 24.5 Å². The van der Waals surface area contributed by atoms with Gasteiger partial charge in [0.15, 0.2) is 0 Å². The number of fused-ring (bicyclic) bond motifs is 1. The summed E-state index contributed by atoms with van der Waals surface area (Å²) in [5, 5.41) is 12.4. The van der Waals surface area contributed by atoms with Crippen molar-refractivity contribution in [2.75, 3.05) is 26.2 Å². The van der Waals surface area contributed by atoms with Gasteiger partial charge in [-0.1, -0.05) is 58.4 Å². The van der Waals surface area contributed by atoms with Gasteiger partial charge in [0.1, 0.15) is 17.7 Å². The Labute approximate surface area is 261 Å². The van der Waals surface area contributed by atoms with E-state index in [1.165, 1.54) is 4.90 Å². The number of aliphatic hydroxyl groups excluding tert-OH is 1. The Morgan fingerprint density at radius 2 is 1.98 bits per heavy atom. The van der Waals surface area contributed by atoms with Crippen LogP contribution < -0.4 is 5.32 Å². The fraction of sp³-hybridized carbons (Fsp3) is 0.562. The van der Waals surface area contributed by atoms with Gasteiger partial charge in [-0.25, -0.2) is 0 Å². The zero-order chi connectivity index (χ0) is 31.3. The van der Waals surface area contributed by atoms with Crippen molar-refractivity contribution in [3.05, 3.63) is 61.2 Å². The average Bonchev–Trinajstić information content (AvgIpc) is 3.58. The number of ether oxygens (including phenoxy) is 2. The number of halogens is 1. The Kier molecular flexibility index (Phi) is 10.8. The second kappa shape index (κ2) is 14.2. The first-order chi connectivity index (χ1) is 20.6. The van der Waals surface area contributed by atoms with Crippen molar-refractivity contribution >= 4 is 39.6 Å². The summed E-state index contributed by atoms with van der Waals surface area (Å²) >= 11 is 3.68. The molecular formula is C32H42BrN3O7. The van der Waals surface area contributed by atoms with Crippen molar-refractivity contribution in [3.8, 4) is 0 Å². The third-order valence-corrected chi connectivity index (χ3v) is 9.42. The van der Waals surface area contributed by atoms with Crippen molar-refractivity contribution in [2.45, 2.75) is 74.3 Å². The van der Waals surface area contributed by atoms with E-state index in [0.29, 0.717) is 24.9 Å². The van der Waals surface area contributed by atoms with E-state index < -0.39 is 41.7 Å². The molecule has 1 aromatic carbocycles. The van der Waals surface area contributed by atoms with Crippen LogP contribution in [0.5, 0.6) is 0 Å². The van der Waals surface area contributed by atoms with Gasteiger partial charge in [-0.2, -0.15) is 0 Å². The smallest absolute Gasteiger partial charge is 0.313 e. The molecule has 0 radical (unpaired) electrons. The molecule has 43 heavy (non-hydrogen) atoms. The fourth-order valence-electron chi connectivity index (χ4n) is 6.65. The lowest BCUT2D eigenvalue weighted by Gasteiger charge is -2.38. The van der Waals surface area contributed by atoms with Crippen LogP contribution in [0.3, 0.4) is 0 Å². The third kappa shape index (κ3) is 6.44. The SMILES string of the molecule is C=CCCC(=O)NC[C@H](OC(=O)[C@H]1[C@@H]2O[C@@]3(CC2Br)[C@@H]1C(=O)N(CCCO)[C@@H]3C(=O)N(CC=C)C(C)C)c1ccccc1. The highest BCUT2D eigenvalue weighted by Crippen LogP contribution is 2.60. The molecule has 3 aliphatic rings. The van der Waals surface area contributed by atoms with E-state index >= 15 is 0 Å². The normalized spacial score (nSPS) is 28.0. The number of likely N-dealkylation sites (tertiary alicyclic amines) is 1. The van der Waals surface area contributed by atoms with E-state index in [9.17, 15) is 24.3 Å². The zero-order valence-corrected chi connectivity index (χ0v) is 26.4. The molecule has 3 amide bonds. The van der Waals surface area contributed by atoms with Crippen LogP contribution in [0.1, 0.15) is 51.2 Å². The van der Waals surface area contributed by atoms with Crippen molar-refractivity contribution in [1.82, 2.24) is 15.1 Å². The summed E-state index contributed by atoms with van der Waals surface area (Å²) < 4.78 is 12.6. The van der Waals surface area contributed by atoms with Crippen molar-refractivity contribution < 1.29 is 33.8 Å². The minimum Gasteiger partial charge on any atom is -0.455 e. The Hall–Kier alpha value is -3.02. The van der Waals surface area contributed by atoms with Gasteiger partial charge in [-0.05, 0) is 38.7 Å².